The smallest absolute Gasteiger partial charge is 0.335 e. The van der Waals surface area contributed by atoms with Gasteiger partial charge in [-0.15, -0.1) is 0 Å². The Kier molecular flexibility index (Phi) is 4.30. The van der Waals surface area contributed by atoms with Crippen LogP contribution in [0.4, 0.5) is 11.4 Å². The number of rotatable bonds is 3. The second-order valence-electron chi connectivity index (χ2n) is 5.56. The van der Waals surface area contributed by atoms with Gasteiger partial charge in [-0.3, -0.25) is 0 Å². The Morgan fingerprint density at radius 2 is 2.11 bits per heavy atom. The quantitative estimate of drug-likeness (QED) is 0.577. The largest absolute Gasteiger partial charge is 0.478 e. The average molecular weight is 262 g/mol. The molecule has 0 aliphatic heterocycles. The van der Waals surface area contributed by atoms with Crippen LogP contribution in [-0.4, -0.2) is 17.1 Å². The number of carboxylic acids is 1. The van der Waals surface area contributed by atoms with Gasteiger partial charge >= 0.3 is 5.97 Å². The minimum Gasteiger partial charge on any atom is -0.478 e. The molecular weight excluding hydrogens is 240 g/mol. The molecule has 1 saturated carbocycles. The van der Waals surface area contributed by atoms with E-state index in [0.29, 0.717) is 11.7 Å². The van der Waals surface area contributed by atoms with Gasteiger partial charge in [-0.2, -0.15) is 0 Å². The molecule has 1 aromatic rings. The summed E-state index contributed by atoms with van der Waals surface area (Å²) in [5.41, 5.74) is 7.51. The Bertz CT molecular complexity index is 459. The lowest BCUT2D eigenvalue weighted by Crippen LogP contribution is -2.19. The summed E-state index contributed by atoms with van der Waals surface area (Å²) in [6.07, 6.45) is 6.09. The zero-order valence-electron chi connectivity index (χ0n) is 11.4. The maximum Gasteiger partial charge on any atom is 0.335 e. The van der Waals surface area contributed by atoms with Crippen LogP contribution >= 0.6 is 0 Å². The molecule has 1 aromatic carbocycles. The van der Waals surface area contributed by atoms with E-state index in [4.69, 9.17) is 10.8 Å². The van der Waals surface area contributed by atoms with E-state index < -0.39 is 5.97 Å². The molecule has 1 aliphatic rings. The summed E-state index contributed by atoms with van der Waals surface area (Å²) >= 11 is 0. The molecule has 1 fully saturated rings. The van der Waals surface area contributed by atoms with Crippen LogP contribution in [0.2, 0.25) is 0 Å². The highest BCUT2D eigenvalue weighted by atomic mass is 16.4. The first-order valence-electron chi connectivity index (χ1n) is 6.95. The molecule has 2 atom stereocenters. The highest BCUT2D eigenvalue weighted by Gasteiger charge is 2.17. The van der Waals surface area contributed by atoms with Crippen molar-refractivity contribution in [2.45, 2.75) is 45.1 Å². The summed E-state index contributed by atoms with van der Waals surface area (Å²) in [7, 11) is 0. The summed E-state index contributed by atoms with van der Waals surface area (Å²) in [6, 6.07) is 5.33. The average Bonchev–Trinajstić information content (AvgIpc) is 2.57. The van der Waals surface area contributed by atoms with Crippen LogP contribution in [0.5, 0.6) is 0 Å². The normalized spacial score (nSPS) is 23.6. The molecule has 0 spiro atoms. The van der Waals surface area contributed by atoms with E-state index in [-0.39, 0.29) is 5.56 Å². The maximum atomic E-state index is 10.9. The molecule has 0 radical (unpaired) electrons. The van der Waals surface area contributed by atoms with E-state index in [2.05, 4.69) is 12.2 Å². The lowest BCUT2D eigenvalue weighted by molar-refractivity contribution is 0.0697. The fraction of sp³-hybridized carbons (Fsp3) is 0.533. The van der Waals surface area contributed by atoms with Gasteiger partial charge in [0.2, 0.25) is 0 Å². The Balaban J connectivity index is 2.04. The Morgan fingerprint density at radius 1 is 1.32 bits per heavy atom. The molecule has 1 aliphatic carbocycles. The van der Waals surface area contributed by atoms with Crippen molar-refractivity contribution in [3.8, 4) is 0 Å². The molecule has 104 valence electrons. The summed E-state index contributed by atoms with van der Waals surface area (Å²) in [4.78, 5) is 10.9. The molecule has 4 N–H and O–H groups in total. The molecule has 0 heterocycles. The van der Waals surface area contributed by atoms with Crippen molar-refractivity contribution in [2.24, 2.45) is 5.92 Å². The molecule has 2 unspecified atom stereocenters. The van der Waals surface area contributed by atoms with Crippen LogP contribution in [0.25, 0.3) is 0 Å². The highest BCUT2D eigenvalue weighted by Crippen LogP contribution is 2.27. The highest BCUT2D eigenvalue weighted by molar-refractivity contribution is 5.90. The predicted molar refractivity (Wildman–Crippen MR) is 77.5 cm³/mol. The standard InChI is InChI=1S/C15H22N2O2/c1-10-3-2-4-12(7-5-10)17-14-8-6-11(15(18)19)9-13(14)16/h6,8-10,12,17H,2-5,7,16H2,1H3,(H,18,19). The molecule has 0 aromatic heterocycles. The number of carboxylic acid groups (broad SMARTS) is 1. The van der Waals surface area contributed by atoms with E-state index in [1.807, 2.05) is 0 Å². The number of nitrogens with one attached hydrogen (secondary N) is 1. The second kappa shape index (κ2) is 5.95. The number of nitrogens with two attached hydrogens (primary N) is 1. The SMILES string of the molecule is CC1CCCC(Nc2ccc(C(=O)O)cc2N)CC1. The number of hydrogen-bond acceptors (Lipinski definition) is 3. The van der Waals surface area contributed by atoms with E-state index in [9.17, 15) is 4.79 Å². The van der Waals surface area contributed by atoms with E-state index in [0.717, 1.165) is 24.4 Å². The topological polar surface area (TPSA) is 75.3 Å². The molecule has 2 rings (SSSR count). The number of benzene rings is 1. The zero-order chi connectivity index (χ0) is 13.8. The Morgan fingerprint density at radius 3 is 2.79 bits per heavy atom. The fourth-order valence-corrected chi connectivity index (χ4v) is 2.68. The van der Waals surface area contributed by atoms with Crippen molar-refractivity contribution < 1.29 is 9.90 Å². The van der Waals surface area contributed by atoms with Crippen molar-refractivity contribution in [1.29, 1.82) is 0 Å². The Hall–Kier alpha value is -1.71. The lowest BCUT2D eigenvalue weighted by Gasteiger charge is -2.19. The first kappa shape index (κ1) is 13.7. The monoisotopic (exact) mass is 262 g/mol. The molecule has 0 saturated heterocycles. The summed E-state index contributed by atoms with van der Waals surface area (Å²) in [6.45, 7) is 2.30. The zero-order valence-corrected chi connectivity index (χ0v) is 11.4. The van der Waals surface area contributed by atoms with Gasteiger partial charge in [0.25, 0.3) is 0 Å². The van der Waals surface area contributed by atoms with Crippen molar-refractivity contribution in [2.75, 3.05) is 11.1 Å². The summed E-state index contributed by atoms with van der Waals surface area (Å²) in [5.74, 6) is -0.139. The van der Waals surface area contributed by atoms with Gasteiger partial charge in [0.15, 0.2) is 0 Å². The fourth-order valence-electron chi connectivity index (χ4n) is 2.68. The molecule has 4 nitrogen and oxygen atoms in total. The third-order valence-electron chi connectivity index (χ3n) is 3.92. The van der Waals surface area contributed by atoms with E-state index in [1.165, 1.54) is 25.3 Å². The third-order valence-corrected chi connectivity index (χ3v) is 3.92. The lowest BCUT2D eigenvalue weighted by atomic mass is 10.0. The van der Waals surface area contributed by atoms with E-state index in [1.54, 1.807) is 12.1 Å². The van der Waals surface area contributed by atoms with Crippen molar-refractivity contribution in [1.82, 2.24) is 0 Å². The first-order valence-corrected chi connectivity index (χ1v) is 6.95. The van der Waals surface area contributed by atoms with Crippen LogP contribution in [0.3, 0.4) is 0 Å². The predicted octanol–water partition coefficient (Wildman–Crippen LogP) is 3.35. The van der Waals surface area contributed by atoms with Gasteiger partial charge in [0, 0.05) is 6.04 Å². The van der Waals surface area contributed by atoms with Crippen LogP contribution in [0.15, 0.2) is 18.2 Å². The summed E-state index contributed by atoms with van der Waals surface area (Å²) < 4.78 is 0. The van der Waals surface area contributed by atoms with Crippen molar-refractivity contribution >= 4 is 17.3 Å². The van der Waals surface area contributed by atoms with Crippen LogP contribution in [0, 0.1) is 5.92 Å². The van der Waals surface area contributed by atoms with Gasteiger partial charge in [-0.1, -0.05) is 19.8 Å². The van der Waals surface area contributed by atoms with Crippen LogP contribution < -0.4 is 11.1 Å². The van der Waals surface area contributed by atoms with Gasteiger partial charge in [-0.05, 0) is 43.4 Å². The Labute approximate surface area is 114 Å². The van der Waals surface area contributed by atoms with Gasteiger partial charge in [0.1, 0.15) is 0 Å². The molecule has 4 heteroatoms. The van der Waals surface area contributed by atoms with Gasteiger partial charge in [0.05, 0.1) is 16.9 Å². The van der Waals surface area contributed by atoms with Crippen molar-refractivity contribution in [3.63, 3.8) is 0 Å². The summed E-state index contributed by atoms with van der Waals surface area (Å²) in [5, 5.41) is 12.4. The number of aromatic carboxylic acids is 1. The van der Waals surface area contributed by atoms with Gasteiger partial charge < -0.3 is 16.2 Å². The third kappa shape index (κ3) is 3.63. The minimum absolute atomic E-state index is 0.234. The number of anilines is 2. The van der Waals surface area contributed by atoms with Crippen LogP contribution in [-0.2, 0) is 0 Å². The minimum atomic E-state index is -0.943. The molecule has 19 heavy (non-hydrogen) atoms. The molecule has 0 amide bonds. The first-order chi connectivity index (χ1) is 9.06. The second-order valence-corrected chi connectivity index (χ2v) is 5.56. The van der Waals surface area contributed by atoms with Crippen LogP contribution in [0.1, 0.15) is 49.4 Å². The van der Waals surface area contributed by atoms with Gasteiger partial charge in [-0.25, -0.2) is 4.79 Å². The molecule has 0 bridgehead atoms. The van der Waals surface area contributed by atoms with Crippen molar-refractivity contribution in [3.05, 3.63) is 23.8 Å². The number of carbonyl (C=O) groups is 1. The maximum absolute atomic E-state index is 10.9. The number of hydrogen-bond donors (Lipinski definition) is 3. The van der Waals surface area contributed by atoms with E-state index >= 15 is 0 Å². The number of nitrogen functional groups attached to an aromatic ring is 1. The molecular formula is C15H22N2O2.